The Bertz CT molecular complexity index is 691. The van der Waals surface area contributed by atoms with Gasteiger partial charge >= 0.3 is 0 Å². The van der Waals surface area contributed by atoms with Gasteiger partial charge in [-0.1, -0.05) is 0 Å². The van der Waals surface area contributed by atoms with Crippen LogP contribution in [0.4, 0.5) is 11.4 Å². The van der Waals surface area contributed by atoms with E-state index in [2.05, 4.69) is 77.0 Å². The molecule has 4 nitrogen and oxygen atoms in total. The predicted octanol–water partition coefficient (Wildman–Crippen LogP) is 5.27. The quantitative estimate of drug-likeness (QED) is 0.350. The Morgan fingerprint density at radius 1 is 0.818 bits per heavy atom. The molecule has 4 N–H and O–H groups in total. The minimum absolute atomic E-state index is 0.576. The van der Waals surface area contributed by atoms with Crippen LogP contribution in [-0.4, -0.2) is 14.2 Å². The molecule has 0 amide bonds. The van der Waals surface area contributed by atoms with Crippen molar-refractivity contribution in [2.45, 2.75) is 0 Å². The largest absolute Gasteiger partial charge is 0.495 e. The van der Waals surface area contributed by atoms with Crippen LogP contribution in [0, 0.1) is 7.14 Å². The number of halogens is 4. The molecule has 0 spiro atoms. The van der Waals surface area contributed by atoms with Crippen LogP contribution in [0.2, 0.25) is 0 Å². The number of nitrogen functional groups attached to an aromatic ring is 2. The fraction of sp³-hybridized carbons (Fsp3) is 0.143. The summed E-state index contributed by atoms with van der Waals surface area (Å²) in [6, 6.07) is 3.84. The van der Waals surface area contributed by atoms with Crippen LogP contribution in [0.15, 0.2) is 21.1 Å². The minimum Gasteiger partial charge on any atom is -0.495 e. The van der Waals surface area contributed by atoms with E-state index in [0.717, 1.165) is 27.2 Å². The van der Waals surface area contributed by atoms with Crippen molar-refractivity contribution in [1.82, 2.24) is 0 Å². The fourth-order valence-electron chi connectivity index (χ4n) is 1.96. The van der Waals surface area contributed by atoms with Gasteiger partial charge in [0.15, 0.2) is 0 Å². The molecule has 2 aromatic carbocycles. The van der Waals surface area contributed by atoms with Gasteiger partial charge in [-0.3, -0.25) is 0 Å². The van der Waals surface area contributed by atoms with Crippen molar-refractivity contribution in [2.75, 3.05) is 25.7 Å². The number of rotatable bonds is 3. The summed E-state index contributed by atoms with van der Waals surface area (Å²) in [6.45, 7) is 0. The summed E-state index contributed by atoms with van der Waals surface area (Å²) >= 11 is 11.6. The summed E-state index contributed by atoms with van der Waals surface area (Å²) < 4.78 is 14.3. The summed E-state index contributed by atoms with van der Waals surface area (Å²) in [7, 11) is 3.19. The van der Waals surface area contributed by atoms with Crippen LogP contribution >= 0.6 is 77.0 Å². The Hall–Kier alpha value is 0.0600. The van der Waals surface area contributed by atoms with Gasteiger partial charge in [-0.05, 0) is 89.2 Å². The first-order chi connectivity index (χ1) is 10.3. The molecule has 0 atom stereocenters. The van der Waals surface area contributed by atoms with Gasteiger partial charge < -0.3 is 20.9 Å². The molecule has 0 aliphatic heterocycles. The highest BCUT2D eigenvalue weighted by Gasteiger charge is 2.20. The molecule has 2 aromatic rings. The SMILES string of the molecule is COc1cc(-c2cc(OC)c(N)c(Br)c2I)c(I)c(Br)c1N. The van der Waals surface area contributed by atoms with Crippen LogP contribution in [0.5, 0.6) is 11.5 Å². The molecule has 0 aromatic heterocycles. The van der Waals surface area contributed by atoms with Gasteiger partial charge in [0.1, 0.15) is 11.5 Å². The van der Waals surface area contributed by atoms with Crippen molar-refractivity contribution in [1.29, 1.82) is 0 Å². The first-order valence-corrected chi connectivity index (χ1v) is 9.71. The van der Waals surface area contributed by atoms with Crippen molar-refractivity contribution in [3.63, 3.8) is 0 Å². The van der Waals surface area contributed by atoms with Crippen LogP contribution < -0.4 is 20.9 Å². The van der Waals surface area contributed by atoms with Crippen LogP contribution in [0.3, 0.4) is 0 Å². The standard InChI is InChI=1S/C14H12Br2I2N2O2/c1-21-7-3-5(11(17)9(15)13(7)19)6-4-8(22-2)14(20)10(16)12(6)18/h3-4H,19-20H2,1-2H3. The molecule has 0 radical (unpaired) electrons. The summed E-state index contributed by atoms with van der Waals surface area (Å²) in [5.41, 5.74) is 15.2. The Kier molecular flexibility index (Phi) is 6.11. The second kappa shape index (κ2) is 7.31. The van der Waals surface area contributed by atoms with E-state index < -0.39 is 0 Å². The average molecular weight is 654 g/mol. The molecule has 2 rings (SSSR count). The summed E-state index contributed by atoms with van der Waals surface area (Å²) in [5.74, 6) is 1.23. The van der Waals surface area contributed by atoms with Crippen LogP contribution in [0.25, 0.3) is 11.1 Å². The molecule has 0 fully saturated rings. The number of hydrogen-bond donors (Lipinski definition) is 2. The predicted molar refractivity (Wildman–Crippen MR) is 115 cm³/mol. The number of benzene rings is 2. The monoisotopic (exact) mass is 652 g/mol. The van der Waals surface area contributed by atoms with Gasteiger partial charge in [0.2, 0.25) is 0 Å². The molecule has 0 saturated heterocycles. The first-order valence-electron chi connectivity index (χ1n) is 5.96. The number of ether oxygens (including phenoxy) is 2. The lowest BCUT2D eigenvalue weighted by Gasteiger charge is -2.17. The third-order valence-corrected chi connectivity index (χ3v) is 8.51. The van der Waals surface area contributed by atoms with Gasteiger partial charge in [-0.15, -0.1) is 0 Å². The fourth-order valence-corrected chi connectivity index (χ4v) is 4.25. The lowest BCUT2D eigenvalue weighted by atomic mass is 10.0. The van der Waals surface area contributed by atoms with E-state index in [1.165, 1.54) is 0 Å². The number of nitrogens with two attached hydrogens (primary N) is 2. The molecular formula is C14H12Br2I2N2O2. The third kappa shape index (κ3) is 3.16. The lowest BCUT2D eigenvalue weighted by Crippen LogP contribution is -2.01. The van der Waals surface area contributed by atoms with Crippen LogP contribution in [0.1, 0.15) is 0 Å². The Morgan fingerprint density at radius 2 is 1.14 bits per heavy atom. The van der Waals surface area contributed by atoms with Gasteiger partial charge in [0.05, 0.1) is 34.5 Å². The van der Waals surface area contributed by atoms with Crippen molar-refractivity contribution in [3.05, 3.63) is 28.2 Å². The zero-order valence-corrected chi connectivity index (χ0v) is 19.1. The molecule has 0 heterocycles. The zero-order chi connectivity index (χ0) is 16.6. The number of anilines is 2. The average Bonchev–Trinajstić information content (AvgIpc) is 2.52. The maximum Gasteiger partial charge on any atom is 0.143 e. The molecule has 8 heteroatoms. The highest BCUT2D eigenvalue weighted by atomic mass is 127. The van der Waals surface area contributed by atoms with Crippen molar-refractivity contribution >= 4 is 88.4 Å². The van der Waals surface area contributed by atoms with E-state index in [9.17, 15) is 0 Å². The van der Waals surface area contributed by atoms with Gasteiger partial charge in [-0.2, -0.15) is 0 Å². The van der Waals surface area contributed by atoms with E-state index in [0.29, 0.717) is 22.9 Å². The van der Waals surface area contributed by atoms with Gasteiger partial charge in [0, 0.05) is 18.3 Å². The van der Waals surface area contributed by atoms with Gasteiger partial charge in [-0.25, -0.2) is 0 Å². The van der Waals surface area contributed by atoms with E-state index >= 15 is 0 Å². The third-order valence-electron chi connectivity index (χ3n) is 3.14. The molecule has 0 saturated carbocycles. The summed E-state index contributed by atoms with van der Waals surface area (Å²) in [5, 5.41) is 0. The Morgan fingerprint density at radius 3 is 1.41 bits per heavy atom. The van der Waals surface area contributed by atoms with E-state index in [1.807, 2.05) is 12.1 Å². The van der Waals surface area contributed by atoms with Crippen LogP contribution in [-0.2, 0) is 0 Å². The Labute approximate surface area is 172 Å². The van der Waals surface area contributed by atoms with Crippen molar-refractivity contribution in [3.8, 4) is 22.6 Å². The minimum atomic E-state index is 0.576. The molecule has 0 bridgehead atoms. The molecule has 0 aliphatic rings. The Balaban J connectivity index is 2.83. The highest BCUT2D eigenvalue weighted by molar-refractivity contribution is 14.1. The van der Waals surface area contributed by atoms with Crippen molar-refractivity contribution in [2.24, 2.45) is 0 Å². The molecule has 118 valence electrons. The first kappa shape index (κ1) is 18.4. The zero-order valence-electron chi connectivity index (χ0n) is 11.6. The number of methoxy groups -OCH3 is 2. The second-order valence-corrected chi connectivity index (χ2v) is 8.08. The topological polar surface area (TPSA) is 70.5 Å². The highest BCUT2D eigenvalue weighted by Crippen LogP contribution is 2.46. The molecule has 0 unspecified atom stereocenters. The second-order valence-electron chi connectivity index (χ2n) is 4.34. The van der Waals surface area contributed by atoms with E-state index in [-0.39, 0.29) is 0 Å². The maximum atomic E-state index is 6.06. The lowest BCUT2D eigenvalue weighted by molar-refractivity contribution is 0.416. The van der Waals surface area contributed by atoms with E-state index in [1.54, 1.807) is 14.2 Å². The molecule has 22 heavy (non-hydrogen) atoms. The number of hydrogen-bond acceptors (Lipinski definition) is 4. The summed E-state index contributed by atoms with van der Waals surface area (Å²) in [4.78, 5) is 0. The van der Waals surface area contributed by atoms with Crippen molar-refractivity contribution < 1.29 is 9.47 Å². The molecule has 0 aliphatic carbocycles. The maximum absolute atomic E-state index is 6.06. The smallest absolute Gasteiger partial charge is 0.143 e. The van der Waals surface area contributed by atoms with Gasteiger partial charge in [0.25, 0.3) is 0 Å². The van der Waals surface area contributed by atoms with E-state index in [4.69, 9.17) is 20.9 Å². The summed E-state index contributed by atoms with van der Waals surface area (Å²) in [6.07, 6.45) is 0. The molecular weight excluding hydrogens is 642 g/mol. The normalized spacial score (nSPS) is 10.6.